The fraction of sp³-hybridized carbons (Fsp3) is 0.483. The number of amides is 4. The van der Waals surface area contributed by atoms with Gasteiger partial charge in [0, 0.05) is 25.6 Å². The number of benzene rings is 1. The molecule has 2 aromatic rings. The molecule has 0 radical (unpaired) electrons. The third-order valence-electron chi connectivity index (χ3n) is 7.00. The molecule has 3 heterocycles. The number of aromatic nitrogens is 1. The molecule has 4 rings (SSSR count). The summed E-state index contributed by atoms with van der Waals surface area (Å²) in [6, 6.07) is 9.45. The van der Waals surface area contributed by atoms with Crippen molar-refractivity contribution in [2.24, 2.45) is 11.7 Å². The molecule has 0 spiro atoms. The number of fused-ring (bicyclic) bond motifs is 1. The zero-order chi connectivity index (χ0) is 28.3. The highest BCUT2D eigenvalue weighted by atomic mass is 16.2. The SMILES string of the molecule is CC(C)C[C@@H](NC(=O)C(C)(C)N)C(=O)NC1Cc2cccc(N3CCCC3=O)c2N(Cc2ccccn2)C1=O. The van der Waals surface area contributed by atoms with Crippen LogP contribution in [0.2, 0.25) is 0 Å². The lowest BCUT2D eigenvalue weighted by Gasteiger charge is -2.37. The number of anilines is 2. The number of rotatable bonds is 9. The Morgan fingerprint density at radius 1 is 1.15 bits per heavy atom. The van der Waals surface area contributed by atoms with Crippen LogP contribution in [0.5, 0.6) is 0 Å². The van der Waals surface area contributed by atoms with Gasteiger partial charge in [0.05, 0.1) is 29.2 Å². The van der Waals surface area contributed by atoms with Gasteiger partial charge in [0.2, 0.25) is 23.6 Å². The van der Waals surface area contributed by atoms with Crippen molar-refractivity contribution in [3.05, 3.63) is 53.9 Å². The molecule has 4 amide bonds. The zero-order valence-electron chi connectivity index (χ0n) is 23.1. The van der Waals surface area contributed by atoms with Crippen LogP contribution in [0.25, 0.3) is 0 Å². The number of nitrogens with two attached hydrogens (primary N) is 1. The van der Waals surface area contributed by atoms with Crippen molar-refractivity contribution in [3.8, 4) is 0 Å². The van der Waals surface area contributed by atoms with Crippen molar-refractivity contribution >= 4 is 35.0 Å². The molecule has 1 unspecified atom stereocenters. The minimum absolute atomic E-state index is 0.0270. The standard InChI is InChI=1S/C29H38N6O4/c1-18(2)15-21(33-28(39)29(3,4)30)26(37)32-22-16-19-9-7-11-23(34-14-8-12-24(34)36)25(19)35(27(22)38)17-20-10-5-6-13-31-20/h5-7,9-11,13,18,21-22H,8,12,14-17,30H2,1-4H3,(H,32,37)(H,33,39)/t21-,22?/m1/s1. The Bertz CT molecular complexity index is 1240. The summed E-state index contributed by atoms with van der Waals surface area (Å²) in [4.78, 5) is 60.4. The topological polar surface area (TPSA) is 138 Å². The number of carbonyl (C=O) groups is 4. The van der Waals surface area contributed by atoms with Gasteiger partial charge in [-0.15, -0.1) is 0 Å². The van der Waals surface area contributed by atoms with E-state index in [0.29, 0.717) is 36.5 Å². The minimum Gasteiger partial charge on any atom is -0.343 e. The summed E-state index contributed by atoms with van der Waals surface area (Å²) in [5.74, 6) is -1.04. The fourth-order valence-electron chi connectivity index (χ4n) is 5.02. The lowest BCUT2D eigenvalue weighted by Crippen LogP contribution is -2.59. The van der Waals surface area contributed by atoms with E-state index in [1.807, 2.05) is 44.2 Å². The van der Waals surface area contributed by atoms with E-state index in [9.17, 15) is 19.2 Å². The average Bonchev–Trinajstić information content (AvgIpc) is 3.31. The Hall–Kier alpha value is -3.79. The van der Waals surface area contributed by atoms with Crippen LogP contribution in [0, 0.1) is 5.92 Å². The first-order valence-electron chi connectivity index (χ1n) is 13.5. The summed E-state index contributed by atoms with van der Waals surface area (Å²) < 4.78 is 0. The second-order valence-electron chi connectivity index (χ2n) is 11.3. The molecule has 1 fully saturated rings. The monoisotopic (exact) mass is 534 g/mol. The Morgan fingerprint density at radius 2 is 1.92 bits per heavy atom. The summed E-state index contributed by atoms with van der Waals surface area (Å²) in [5, 5.41) is 5.66. The molecule has 4 N–H and O–H groups in total. The molecule has 1 saturated heterocycles. The molecule has 208 valence electrons. The van der Waals surface area contributed by atoms with E-state index in [4.69, 9.17) is 5.73 Å². The van der Waals surface area contributed by atoms with E-state index < -0.39 is 29.4 Å². The van der Waals surface area contributed by atoms with Crippen molar-refractivity contribution in [3.63, 3.8) is 0 Å². The van der Waals surface area contributed by atoms with Crippen LogP contribution in [0.4, 0.5) is 11.4 Å². The first kappa shape index (κ1) is 28.2. The largest absolute Gasteiger partial charge is 0.343 e. The second kappa shape index (κ2) is 11.5. The van der Waals surface area contributed by atoms with E-state index in [2.05, 4.69) is 15.6 Å². The van der Waals surface area contributed by atoms with Gasteiger partial charge in [-0.2, -0.15) is 0 Å². The van der Waals surface area contributed by atoms with E-state index in [0.717, 1.165) is 12.0 Å². The lowest BCUT2D eigenvalue weighted by molar-refractivity contribution is -0.133. The summed E-state index contributed by atoms with van der Waals surface area (Å²) in [6.45, 7) is 7.84. The van der Waals surface area contributed by atoms with Crippen molar-refractivity contribution in [2.45, 2.75) is 77.5 Å². The fourth-order valence-corrected chi connectivity index (χ4v) is 5.02. The first-order chi connectivity index (χ1) is 18.5. The normalized spacial score (nSPS) is 18.3. The van der Waals surface area contributed by atoms with Crippen LogP contribution in [0.15, 0.2) is 42.6 Å². The second-order valence-corrected chi connectivity index (χ2v) is 11.3. The van der Waals surface area contributed by atoms with Crippen LogP contribution in [-0.4, -0.2) is 52.8 Å². The highest BCUT2D eigenvalue weighted by Crippen LogP contribution is 2.39. The van der Waals surface area contributed by atoms with E-state index in [-0.39, 0.29) is 30.7 Å². The van der Waals surface area contributed by atoms with Crippen LogP contribution < -0.4 is 26.2 Å². The highest BCUT2D eigenvalue weighted by molar-refractivity contribution is 6.08. The Morgan fingerprint density at radius 3 is 2.54 bits per heavy atom. The maximum Gasteiger partial charge on any atom is 0.250 e. The molecule has 0 saturated carbocycles. The number of hydrogen-bond donors (Lipinski definition) is 3. The van der Waals surface area contributed by atoms with Gasteiger partial charge in [-0.1, -0.05) is 32.0 Å². The summed E-state index contributed by atoms with van der Waals surface area (Å²) in [5.41, 5.74) is 7.69. The number of hydrogen-bond acceptors (Lipinski definition) is 6. The van der Waals surface area contributed by atoms with Crippen LogP contribution in [0.3, 0.4) is 0 Å². The zero-order valence-corrected chi connectivity index (χ0v) is 23.1. The quantitative estimate of drug-likeness (QED) is 0.450. The number of nitrogens with one attached hydrogen (secondary N) is 2. The van der Waals surface area contributed by atoms with Gasteiger partial charge in [-0.25, -0.2) is 0 Å². The molecule has 0 aliphatic carbocycles. The highest BCUT2D eigenvalue weighted by Gasteiger charge is 2.39. The number of carbonyl (C=O) groups excluding carboxylic acids is 4. The maximum atomic E-state index is 14.0. The molecular formula is C29H38N6O4. The lowest BCUT2D eigenvalue weighted by atomic mass is 9.94. The first-order valence-corrected chi connectivity index (χ1v) is 13.5. The van der Waals surface area contributed by atoms with Gasteiger partial charge in [0.1, 0.15) is 12.1 Å². The summed E-state index contributed by atoms with van der Waals surface area (Å²) in [6.07, 6.45) is 3.55. The summed E-state index contributed by atoms with van der Waals surface area (Å²) >= 11 is 0. The van der Waals surface area contributed by atoms with E-state index >= 15 is 0 Å². The van der Waals surface area contributed by atoms with Gasteiger partial charge in [-0.05, 0) is 56.4 Å². The molecule has 2 aliphatic rings. The Labute approximate surface area is 229 Å². The third-order valence-corrected chi connectivity index (χ3v) is 7.00. The number of pyridine rings is 1. The molecule has 0 bridgehead atoms. The molecule has 2 atom stereocenters. The molecule has 39 heavy (non-hydrogen) atoms. The molecule has 2 aliphatic heterocycles. The van der Waals surface area contributed by atoms with Gasteiger partial charge >= 0.3 is 0 Å². The summed E-state index contributed by atoms with van der Waals surface area (Å²) in [7, 11) is 0. The minimum atomic E-state index is -1.15. The molecule has 1 aromatic heterocycles. The Balaban J connectivity index is 1.66. The van der Waals surface area contributed by atoms with Crippen molar-refractivity contribution in [2.75, 3.05) is 16.3 Å². The van der Waals surface area contributed by atoms with Crippen LogP contribution in [-0.2, 0) is 32.1 Å². The predicted octanol–water partition coefficient (Wildman–Crippen LogP) is 2.05. The van der Waals surface area contributed by atoms with Crippen molar-refractivity contribution in [1.29, 1.82) is 0 Å². The van der Waals surface area contributed by atoms with Gasteiger partial charge in [0.25, 0.3) is 0 Å². The van der Waals surface area contributed by atoms with Gasteiger partial charge < -0.3 is 26.2 Å². The molecule has 10 heteroatoms. The maximum absolute atomic E-state index is 14.0. The van der Waals surface area contributed by atoms with E-state index in [1.165, 1.54) is 0 Å². The smallest absolute Gasteiger partial charge is 0.250 e. The molecule has 10 nitrogen and oxygen atoms in total. The molecule has 1 aromatic carbocycles. The Kier molecular flexibility index (Phi) is 8.34. The molecular weight excluding hydrogens is 496 g/mol. The van der Waals surface area contributed by atoms with Gasteiger partial charge in [0.15, 0.2) is 0 Å². The number of nitrogens with zero attached hydrogens (tertiary/aromatic N) is 3. The number of para-hydroxylation sites is 1. The van der Waals surface area contributed by atoms with Crippen LogP contribution in [0.1, 0.15) is 58.2 Å². The predicted molar refractivity (Wildman–Crippen MR) is 149 cm³/mol. The van der Waals surface area contributed by atoms with Crippen molar-refractivity contribution in [1.82, 2.24) is 15.6 Å². The third kappa shape index (κ3) is 6.44. The van der Waals surface area contributed by atoms with E-state index in [1.54, 1.807) is 35.9 Å². The van der Waals surface area contributed by atoms with Gasteiger partial charge in [-0.3, -0.25) is 24.2 Å². The van der Waals surface area contributed by atoms with Crippen LogP contribution >= 0.6 is 0 Å². The van der Waals surface area contributed by atoms with Crippen molar-refractivity contribution < 1.29 is 19.2 Å². The average molecular weight is 535 g/mol.